The van der Waals surface area contributed by atoms with Crippen LogP contribution < -0.4 is 10.1 Å². The van der Waals surface area contributed by atoms with E-state index in [1.54, 1.807) is 62.4 Å². The van der Waals surface area contributed by atoms with Crippen LogP contribution in [0.3, 0.4) is 0 Å². The number of esters is 1. The summed E-state index contributed by atoms with van der Waals surface area (Å²) in [5.74, 6) is -1.99. The average Bonchev–Trinajstić information content (AvgIpc) is 3.11. The summed E-state index contributed by atoms with van der Waals surface area (Å²) in [6.07, 6.45) is 8.12. The Hall–Kier alpha value is -3.48. The minimum Gasteiger partial charge on any atom is -0.478 e. The van der Waals surface area contributed by atoms with Crippen molar-refractivity contribution in [1.29, 1.82) is 0 Å². The summed E-state index contributed by atoms with van der Waals surface area (Å²) in [5, 5.41) is 46.0. The standard InChI is InChI=1S/C41H64N2O9/c1-11-12-14-28(5)39(52-41(49)42-32-18-21-34(22-19-32)50-24-43(9)10)30(7)37(46)26(3)16-13-15-25(2)36(45)27(4)17-20-33(44)23-35-29(6)38(47)31(8)40(48)51-35/h11-15,17-22,25-31,33,35-39,44-47H,1,16,23-24H2,2-10H3,(H,42,49)/b14-12-,15-13-,20-17-/t25-,26-,27-,28-,29-,30-,31+,33+,35-,36-,37+,38-,39-/m0/s1. The summed E-state index contributed by atoms with van der Waals surface area (Å²) in [7, 11) is 3.81. The van der Waals surface area contributed by atoms with Crippen molar-refractivity contribution in [2.24, 2.45) is 41.4 Å². The molecule has 1 heterocycles. The average molecular weight is 729 g/mol. The Balaban J connectivity index is 1.95. The summed E-state index contributed by atoms with van der Waals surface area (Å²) in [6.45, 7) is 17.1. The molecule has 292 valence electrons. The second-order valence-electron chi connectivity index (χ2n) is 14.9. The Kier molecular flexibility index (Phi) is 18.8. The van der Waals surface area contributed by atoms with Gasteiger partial charge < -0.3 is 34.6 Å². The van der Waals surface area contributed by atoms with Gasteiger partial charge in [-0.25, -0.2) is 4.79 Å². The monoisotopic (exact) mass is 728 g/mol. The molecule has 1 saturated heterocycles. The normalized spacial score (nSPS) is 24.8. The van der Waals surface area contributed by atoms with Crippen molar-refractivity contribution >= 4 is 17.7 Å². The number of cyclic esters (lactones) is 1. The number of aliphatic hydroxyl groups excluding tert-OH is 4. The lowest BCUT2D eigenvalue weighted by atomic mass is 9.82. The highest BCUT2D eigenvalue weighted by Crippen LogP contribution is 2.30. The number of nitrogens with one attached hydrogen (secondary N) is 1. The van der Waals surface area contributed by atoms with Gasteiger partial charge in [-0.15, -0.1) is 0 Å². The predicted octanol–water partition coefficient (Wildman–Crippen LogP) is 5.96. The second kappa shape index (κ2) is 21.9. The molecule has 1 aromatic rings. The van der Waals surface area contributed by atoms with Gasteiger partial charge in [-0.05, 0) is 57.6 Å². The van der Waals surface area contributed by atoms with E-state index in [4.69, 9.17) is 14.2 Å². The fourth-order valence-corrected chi connectivity index (χ4v) is 6.29. The first-order valence-electron chi connectivity index (χ1n) is 18.4. The van der Waals surface area contributed by atoms with E-state index in [0.717, 1.165) is 0 Å². The fourth-order valence-electron chi connectivity index (χ4n) is 6.29. The third-order valence-corrected chi connectivity index (χ3v) is 9.95. The first-order valence-corrected chi connectivity index (χ1v) is 18.4. The lowest BCUT2D eigenvalue weighted by Crippen LogP contribution is -2.47. The molecule has 1 aromatic carbocycles. The van der Waals surface area contributed by atoms with Crippen molar-refractivity contribution in [3.63, 3.8) is 0 Å². The zero-order valence-electron chi connectivity index (χ0n) is 32.5. The largest absolute Gasteiger partial charge is 0.478 e. The van der Waals surface area contributed by atoms with Crippen LogP contribution in [0.25, 0.3) is 0 Å². The molecule has 11 heteroatoms. The van der Waals surface area contributed by atoms with Gasteiger partial charge >= 0.3 is 12.1 Å². The zero-order valence-corrected chi connectivity index (χ0v) is 32.5. The number of anilines is 1. The summed E-state index contributed by atoms with van der Waals surface area (Å²) in [4.78, 5) is 26.9. The highest BCUT2D eigenvalue weighted by Gasteiger charge is 2.41. The number of allylic oxidation sites excluding steroid dienone is 3. The van der Waals surface area contributed by atoms with Crippen molar-refractivity contribution in [2.45, 2.75) is 97.9 Å². The molecule has 0 spiro atoms. The number of hydrogen-bond acceptors (Lipinski definition) is 10. The van der Waals surface area contributed by atoms with Crippen molar-refractivity contribution in [1.82, 2.24) is 4.90 Å². The second-order valence-corrected chi connectivity index (χ2v) is 14.9. The van der Waals surface area contributed by atoms with E-state index in [2.05, 4.69) is 11.9 Å². The van der Waals surface area contributed by atoms with Crippen LogP contribution in [0.1, 0.15) is 61.3 Å². The molecule has 0 bridgehead atoms. The molecule has 0 saturated carbocycles. The summed E-state index contributed by atoms with van der Waals surface area (Å²) >= 11 is 0. The van der Waals surface area contributed by atoms with Gasteiger partial charge in [0.1, 0.15) is 24.7 Å². The molecule has 5 N–H and O–H groups in total. The van der Waals surface area contributed by atoms with Gasteiger partial charge in [-0.1, -0.05) is 90.7 Å². The van der Waals surface area contributed by atoms with Crippen LogP contribution in [0.15, 0.2) is 73.4 Å². The lowest BCUT2D eigenvalue weighted by Gasteiger charge is -2.36. The van der Waals surface area contributed by atoms with Crippen LogP contribution in [-0.4, -0.2) is 94.8 Å². The molecule has 0 aromatic heterocycles. The fraction of sp³-hybridized carbons (Fsp3) is 0.610. The minimum absolute atomic E-state index is 0.158. The zero-order chi connectivity index (χ0) is 39.1. The number of rotatable bonds is 20. The van der Waals surface area contributed by atoms with Crippen molar-refractivity contribution in [3.8, 4) is 5.75 Å². The molecular weight excluding hydrogens is 664 g/mol. The number of carbonyl (C=O) groups excluding carboxylic acids is 2. The predicted molar refractivity (Wildman–Crippen MR) is 204 cm³/mol. The van der Waals surface area contributed by atoms with Crippen LogP contribution in [0, 0.1) is 41.4 Å². The first kappa shape index (κ1) is 44.7. The molecule has 2 rings (SSSR count). The van der Waals surface area contributed by atoms with E-state index < -0.39 is 60.5 Å². The van der Waals surface area contributed by atoms with Crippen molar-refractivity contribution in [2.75, 3.05) is 26.1 Å². The van der Waals surface area contributed by atoms with Gasteiger partial charge in [0.2, 0.25) is 0 Å². The first-order chi connectivity index (χ1) is 24.5. The van der Waals surface area contributed by atoms with E-state index in [0.29, 0.717) is 24.6 Å². The topological polar surface area (TPSA) is 158 Å². The van der Waals surface area contributed by atoms with E-state index in [9.17, 15) is 30.0 Å². The summed E-state index contributed by atoms with van der Waals surface area (Å²) in [5.41, 5.74) is 0.552. The van der Waals surface area contributed by atoms with Gasteiger partial charge in [-0.3, -0.25) is 15.0 Å². The maximum absolute atomic E-state index is 13.0. The van der Waals surface area contributed by atoms with Gasteiger partial charge in [0.25, 0.3) is 0 Å². The molecule has 0 unspecified atom stereocenters. The molecule has 1 amide bonds. The number of hydrogen-bond donors (Lipinski definition) is 5. The van der Waals surface area contributed by atoms with Gasteiger partial charge in [0.15, 0.2) is 0 Å². The Morgan fingerprint density at radius 3 is 2.21 bits per heavy atom. The summed E-state index contributed by atoms with van der Waals surface area (Å²) in [6, 6.07) is 7.00. The number of benzene rings is 1. The van der Waals surface area contributed by atoms with Crippen LogP contribution in [-0.2, 0) is 14.3 Å². The van der Waals surface area contributed by atoms with Gasteiger partial charge in [0, 0.05) is 41.7 Å². The maximum atomic E-state index is 13.0. The summed E-state index contributed by atoms with van der Waals surface area (Å²) < 4.78 is 17.0. The van der Waals surface area contributed by atoms with Gasteiger partial charge in [-0.2, -0.15) is 0 Å². The number of aliphatic hydroxyl groups is 4. The van der Waals surface area contributed by atoms with Crippen LogP contribution in [0.2, 0.25) is 0 Å². The van der Waals surface area contributed by atoms with Crippen LogP contribution in [0.5, 0.6) is 5.75 Å². The highest BCUT2D eigenvalue weighted by atomic mass is 16.6. The lowest BCUT2D eigenvalue weighted by molar-refractivity contribution is -0.179. The van der Waals surface area contributed by atoms with E-state index in [-0.39, 0.29) is 36.0 Å². The SMILES string of the molecule is C=C/C=C\[C@H](C)[C@H](OC(=O)Nc1ccc(OCN(C)C)cc1)[C@@H](C)[C@H](O)[C@@H](C)C/C=C\[C@H](C)[C@H](O)[C@@H](C)/C=C\[C@@H](O)C[C@@H]1OC(=O)[C@H](C)[C@@H](O)[C@H]1C. The third-order valence-electron chi connectivity index (χ3n) is 9.95. The van der Waals surface area contributed by atoms with Crippen LogP contribution >= 0.6 is 0 Å². The molecule has 1 aliphatic heterocycles. The highest BCUT2D eigenvalue weighted by molar-refractivity contribution is 5.84. The number of ether oxygens (including phenoxy) is 3. The molecule has 1 aliphatic rings. The molecule has 1 fully saturated rings. The van der Waals surface area contributed by atoms with E-state index in [1.807, 2.05) is 71.8 Å². The van der Waals surface area contributed by atoms with Crippen molar-refractivity contribution in [3.05, 3.63) is 73.4 Å². The smallest absolute Gasteiger partial charge is 0.411 e. The number of amides is 1. The Labute approximate surface area is 311 Å². The molecule has 0 aliphatic carbocycles. The maximum Gasteiger partial charge on any atom is 0.411 e. The molecule has 52 heavy (non-hydrogen) atoms. The van der Waals surface area contributed by atoms with E-state index >= 15 is 0 Å². The number of carbonyl (C=O) groups is 2. The van der Waals surface area contributed by atoms with E-state index in [1.165, 1.54) is 0 Å². The Morgan fingerprint density at radius 2 is 1.60 bits per heavy atom. The van der Waals surface area contributed by atoms with Crippen LogP contribution in [0.4, 0.5) is 10.5 Å². The molecule has 11 nitrogen and oxygen atoms in total. The van der Waals surface area contributed by atoms with Crippen molar-refractivity contribution < 1.29 is 44.2 Å². The molecular formula is C41H64N2O9. The number of nitrogens with zero attached hydrogens (tertiary/aromatic N) is 1. The minimum atomic E-state index is -0.903. The molecule has 0 radical (unpaired) electrons. The van der Waals surface area contributed by atoms with Gasteiger partial charge in [0.05, 0.1) is 30.3 Å². The quantitative estimate of drug-likeness (QED) is 0.0470. The Bertz CT molecular complexity index is 1330. The third kappa shape index (κ3) is 14.2. The Morgan fingerprint density at radius 1 is 0.962 bits per heavy atom. The molecule has 13 atom stereocenters.